The van der Waals surface area contributed by atoms with Gasteiger partial charge in [0.1, 0.15) is 0 Å². The average Bonchev–Trinajstić information content (AvgIpc) is 2.42. The third-order valence-corrected chi connectivity index (χ3v) is 2.85. The van der Waals surface area contributed by atoms with Gasteiger partial charge in [0.15, 0.2) is 6.29 Å². The van der Waals surface area contributed by atoms with Gasteiger partial charge in [-0.2, -0.15) is 0 Å². The van der Waals surface area contributed by atoms with Crippen LogP contribution in [-0.4, -0.2) is 36.5 Å². The van der Waals surface area contributed by atoms with Crippen molar-refractivity contribution >= 4 is 12.0 Å². The molecule has 110 valence electrons. The zero-order valence-electron chi connectivity index (χ0n) is 12.2. The van der Waals surface area contributed by atoms with E-state index in [4.69, 9.17) is 16.3 Å². The summed E-state index contributed by atoms with van der Waals surface area (Å²) in [5.41, 5.74) is 8.98. The number of carbonyl (C=O) groups excluding carboxylic acids is 1. The Labute approximate surface area is 119 Å². The van der Waals surface area contributed by atoms with E-state index in [-0.39, 0.29) is 0 Å². The molecule has 0 saturated carbocycles. The number of aryl methyl sites for hydroxylation is 1. The molecular formula is C14H22N4O2. The monoisotopic (exact) mass is 278 g/mol. The highest BCUT2D eigenvalue weighted by Crippen LogP contribution is 2.15. The zero-order valence-corrected chi connectivity index (χ0v) is 12.2. The van der Waals surface area contributed by atoms with E-state index in [1.165, 1.54) is 5.01 Å². The molecule has 0 amide bonds. The lowest BCUT2D eigenvalue weighted by Gasteiger charge is -2.19. The Kier molecular flexibility index (Phi) is 6.14. The first-order chi connectivity index (χ1) is 9.51. The van der Waals surface area contributed by atoms with Gasteiger partial charge in [-0.1, -0.05) is 6.92 Å². The Morgan fingerprint density at radius 3 is 2.70 bits per heavy atom. The van der Waals surface area contributed by atoms with Gasteiger partial charge in [0.05, 0.1) is 23.7 Å². The van der Waals surface area contributed by atoms with Gasteiger partial charge in [0, 0.05) is 24.9 Å². The lowest BCUT2D eigenvalue weighted by Crippen LogP contribution is -2.30. The quantitative estimate of drug-likeness (QED) is 0.335. The van der Waals surface area contributed by atoms with Gasteiger partial charge in [-0.3, -0.25) is 9.78 Å². The number of hydrogen-bond acceptors (Lipinski definition) is 6. The van der Waals surface area contributed by atoms with Crippen LogP contribution in [0.5, 0.6) is 0 Å². The van der Waals surface area contributed by atoms with E-state index in [1.54, 1.807) is 26.1 Å². The van der Waals surface area contributed by atoms with Crippen molar-refractivity contribution in [1.29, 1.82) is 0 Å². The number of rotatable bonds is 7. The number of aromatic nitrogens is 1. The second-order valence-electron chi connectivity index (χ2n) is 4.51. The molecule has 6 heteroatoms. The summed E-state index contributed by atoms with van der Waals surface area (Å²) in [5.74, 6) is 5.78. The van der Waals surface area contributed by atoms with Crippen molar-refractivity contribution in [3.05, 3.63) is 34.8 Å². The van der Waals surface area contributed by atoms with Crippen molar-refractivity contribution in [1.82, 2.24) is 9.99 Å². The summed E-state index contributed by atoms with van der Waals surface area (Å²) in [5, 5.41) is 1.43. The SMILES string of the molecule is CCCOC/C(=C(/N)c1ccc(C=O)c(C)n1)N(C)N. The molecule has 0 spiro atoms. The normalized spacial score (nSPS) is 12.0. The van der Waals surface area contributed by atoms with E-state index in [9.17, 15) is 4.79 Å². The van der Waals surface area contributed by atoms with Crippen LogP contribution >= 0.6 is 0 Å². The number of nitrogens with zero attached hydrogens (tertiary/aromatic N) is 2. The summed E-state index contributed by atoms with van der Waals surface area (Å²) in [6.07, 6.45) is 1.69. The molecule has 0 aliphatic carbocycles. The minimum absolute atomic E-state index is 0.322. The third-order valence-electron chi connectivity index (χ3n) is 2.85. The molecule has 0 radical (unpaired) electrons. The Morgan fingerprint density at radius 2 is 2.20 bits per heavy atom. The summed E-state index contributed by atoms with van der Waals surface area (Å²) in [4.78, 5) is 15.1. The topological polar surface area (TPSA) is 94.5 Å². The highest BCUT2D eigenvalue weighted by Gasteiger charge is 2.11. The molecule has 0 aliphatic heterocycles. The van der Waals surface area contributed by atoms with E-state index < -0.39 is 0 Å². The first-order valence-corrected chi connectivity index (χ1v) is 6.49. The van der Waals surface area contributed by atoms with Crippen molar-refractivity contribution in [3.63, 3.8) is 0 Å². The highest BCUT2D eigenvalue weighted by atomic mass is 16.5. The van der Waals surface area contributed by atoms with Crippen LogP contribution in [0, 0.1) is 6.92 Å². The standard InChI is InChI=1S/C14H22N4O2/c1-4-7-20-9-13(18(3)16)14(15)12-6-5-11(8-19)10(2)17-12/h5-6,8H,4,7,9,15-16H2,1-3H3/b14-13-. The van der Waals surface area contributed by atoms with Crippen molar-refractivity contribution in [2.75, 3.05) is 20.3 Å². The summed E-state index contributed by atoms with van der Waals surface area (Å²) in [7, 11) is 1.70. The predicted molar refractivity (Wildman–Crippen MR) is 78.5 cm³/mol. The molecule has 6 nitrogen and oxygen atoms in total. The Balaban J connectivity index is 3.07. The smallest absolute Gasteiger partial charge is 0.151 e. The van der Waals surface area contributed by atoms with Gasteiger partial charge < -0.3 is 15.5 Å². The minimum atomic E-state index is 0.322. The molecule has 0 fully saturated rings. The van der Waals surface area contributed by atoms with Crippen molar-refractivity contribution in [2.24, 2.45) is 11.6 Å². The molecule has 20 heavy (non-hydrogen) atoms. The molecular weight excluding hydrogens is 256 g/mol. The summed E-state index contributed by atoms with van der Waals surface area (Å²) >= 11 is 0. The second-order valence-corrected chi connectivity index (χ2v) is 4.51. The van der Waals surface area contributed by atoms with E-state index in [1.807, 2.05) is 6.92 Å². The Hall–Kier alpha value is -1.92. The second kappa shape index (κ2) is 7.62. The molecule has 0 aliphatic rings. The average molecular weight is 278 g/mol. The van der Waals surface area contributed by atoms with Crippen LogP contribution in [0.25, 0.3) is 5.70 Å². The first-order valence-electron chi connectivity index (χ1n) is 6.49. The fourth-order valence-electron chi connectivity index (χ4n) is 1.68. The van der Waals surface area contributed by atoms with Gasteiger partial charge in [-0.05, 0) is 25.5 Å². The van der Waals surface area contributed by atoms with Crippen LogP contribution < -0.4 is 11.6 Å². The molecule has 1 aromatic rings. The maximum Gasteiger partial charge on any atom is 0.151 e. The molecule has 0 atom stereocenters. The number of likely N-dealkylation sites (N-methyl/N-ethyl adjacent to an activating group) is 1. The van der Waals surface area contributed by atoms with Crippen molar-refractivity contribution in [3.8, 4) is 0 Å². The first kappa shape index (κ1) is 16.1. The summed E-state index contributed by atoms with van der Waals surface area (Å²) in [6, 6.07) is 3.40. The molecule has 4 N–H and O–H groups in total. The number of aldehydes is 1. The van der Waals surface area contributed by atoms with Gasteiger partial charge in [0.25, 0.3) is 0 Å². The lowest BCUT2D eigenvalue weighted by atomic mass is 10.1. The number of pyridine rings is 1. The van der Waals surface area contributed by atoms with Crippen LogP contribution in [-0.2, 0) is 4.74 Å². The van der Waals surface area contributed by atoms with Crippen LogP contribution in [0.4, 0.5) is 0 Å². The molecule has 1 heterocycles. The van der Waals surface area contributed by atoms with E-state index in [0.29, 0.717) is 41.6 Å². The summed E-state index contributed by atoms with van der Waals surface area (Å²) < 4.78 is 5.48. The van der Waals surface area contributed by atoms with Gasteiger partial charge in [-0.25, -0.2) is 5.84 Å². The minimum Gasteiger partial charge on any atom is -0.395 e. The van der Waals surface area contributed by atoms with Gasteiger partial charge in [-0.15, -0.1) is 0 Å². The van der Waals surface area contributed by atoms with Gasteiger partial charge >= 0.3 is 0 Å². The fourth-order valence-corrected chi connectivity index (χ4v) is 1.68. The number of hydrazine groups is 1. The predicted octanol–water partition coefficient (Wildman–Crippen LogP) is 1.06. The van der Waals surface area contributed by atoms with Crippen LogP contribution in [0.2, 0.25) is 0 Å². The van der Waals surface area contributed by atoms with E-state index in [0.717, 1.165) is 12.7 Å². The molecule has 1 aromatic heterocycles. The summed E-state index contributed by atoms with van der Waals surface area (Å²) in [6.45, 7) is 4.76. The maximum absolute atomic E-state index is 10.8. The van der Waals surface area contributed by atoms with Crippen LogP contribution in [0.15, 0.2) is 17.8 Å². The largest absolute Gasteiger partial charge is 0.395 e. The number of hydrogen-bond donors (Lipinski definition) is 2. The molecule has 0 aromatic carbocycles. The molecule has 0 bridgehead atoms. The fraction of sp³-hybridized carbons (Fsp3) is 0.429. The Morgan fingerprint density at radius 1 is 1.50 bits per heavy atom. The third kappa shape index (κ3) is 4.04. The van der Waals surface area contributed by atoms with Crippen molar-refractivity contribution in [2.45, 2.75) is 20.3 Å². The van der Waals surface area contributed by atoms with Crippen LogP contribution in [0.1, 0.15) is 35.1 Å². The van der Waals surface area contributed by atoms with Crippen molar-refractivity contribution < 1.29 is 9.53 Å². The van der Waals surface area contributed by atoms with E-state index >= 15 is 0 Å². The molecule has 1 rings (SSSR count). The number of carbonyl (C=O) groups is 1. The molecule has 0 unspecified atom stereocenters. The zero-order chi connectivity index (χ0) is 15.1. The van der Waals surface area contributed by atoms with Crippen LogP contribution in [0.3, 0.4) is 0 Å². The Bertz CT molecular complexity index is 498. The van der Waals surface area contributed by atoms with E-state index in [2.05, 4.69) is 4.98 Å². The lowest BCUT2D eigenvalue weighted by molar-refractivity contribution is 0.112. The number of nitrogens with two attached hydrogens (primary N) is 2. The van der Waals surface area contributed by atoms with Gasteiger partial charge in [0.2, 0.25) is 0 Å². The highest BCUT2D eigenvalue weighted by molar-refractivity contribution is 5.77. The molecule has 0 saturated heterocycles. The maximum atomic E-state index is 10.8. The number of ether oxygens (including phenoxy) is 1.